The highest BCUT2D eigenvalue weighted by Crippen LogP contribution is 2.23. The van der Waals surface area contributed by atoms with Gasteiger partial charge in [-0.2, -0.15) is 0 Å². The van der Waals surface area contributed by atoms with Crippen LogP contribution in [-0.4, -0.2) is 36.2 Å². The first-order chi connectivity index (χ1) is 11.2. The fraction of sp³-hybridized carbons (Fsp3) is 0.529. The highest BCUT2D eigenvalue weighted by atomic mass is 28.3. The first kappa shape index (κ1) is 18.6. The number of nitrogens with one attached hydrogen (secondary N) is 1. The number of nitrogens with zero attached hydrogens (tertiary/aromatic N) is 1. The van der Waals surface area contributed by atoms with Crippen molar-refractivity contribution in [2.45, 2.75) is 57.2 Å². The minimum Gasteiger partial charge on any atom is -0.438 e. The Morgan fingerprint density at radius 2 is 2.04 bits per heavy atom. The third kappa shape index (κ3) is 4.65. The van der Waals surface area contributed by atoms with Crippen LogP contribution in [-0.2, 0) is 4.79 Å². The molecule has 1 heterocycles. The zero-order valence-electron chi connectivity index (χ0n) is 14.7. The van der Waals surface area contributed by atoms with Crippen LogP contribution in [0.5, 0.6) is 0 Å². The molecule has 3 atom stereocenters. The molecule has 0 aliphatic carbocycles. The second-order valence-corrected chi connectivity index (χ2v) is 12.9. The van der Waals surface area contributed by atoms with Crippen LogP contribution in [0.1, 0.15) is 25.3 Å². The minimum absolute atomic E-state index is 0.210. The summed E-state index contributed by atoms with van der Waals surface area (Å²) in [5.41, 5.74) is 7.31. The lowest BCUT2D eigenvalue weighted by Crippen LogP contribution is -2.49. The first-order valence-electron chi connectivity index (χ1n) is 8.30. The standard InChI is InChI=1S/C17H27N3O3Si/c1-5-12(19-16(22)11(18)10-24(2,3)4)15(21)17-20-13-8-6-7-9-14(13)23-17/h6-9,11-12,15,21H,5,10,18H2,1-4H3,(H,19,22)/t11-,12-,15?/m0/s1. The number of benzene rings is 1. The second-order valence-electron chi connectivity index (χ2n) is 7.36. The lowest BCUT2D eigenvalue weighted by Gasteiger charge is -2.25. The van der Waals surface area contributed by atoms with E-state index in [4.69, 9.17) is 10.2 Å². The van der Waals surface area contributed by atoms with Gasteiger partial charge >= 0.3 is 0 Å². The quantitative estimate of drug-likeness (QED) is 0.666. The van der Waals surface area contributed by atoms with Gasteiger partial charge in [-0.1, -0.05) is 38.7 Å². The molecule has 0 bridgehead atoms. The molecular formula is C17H27N3O3Si. The van der Waals surface area contributed by atoms with Crippen LogP contribution in [0.25, 0.3) is 11.1 Å². The number of oxazole rings is 1. The monoisotopic (exact) mass is 349 g/mol. The van der Waals surface area contributed by atoms with E-state index in [1.807, 2.05) is 25.1 Å². The van der Waals surface area contributed by atoms with Crippen molar-refractivity contribution in [3.63, 3.8) is 0 Å². The average molecular weight is 350 g/mol. The molecule has 0 spiro atoms. The predicted molar refractivity (Wildman–Crippen MR) is 97.3 cm³/mol. The number of rotatable bonds is 7. The van der Waals surface area contributed by atoms with Gasteiger partial charge in [0.15, 0.2) is 11.7 Å². The molecule has 0 aliphatic heterocycles. The minimum atomic E-state index is -1.44. The van der Waals surface area contributed by atoms with Crippen molar-refractivity contribution in [1.82, 2.24) is 10.3 Å². The summed E-state index contributed by atoms with van der Waals surface area (Å²) in [4.78, 5) is 16.6. The van der Waals surface area contributed by atoms with Crippen LogP contribution in [0.15, 0.2) is 28.7 Å². The molecular weight excluding hydrogens is 322 g/mol. The number of carbonyl (C=O) groups excluding carboxylic acids is 1. The maximum atomic E-state index is 12.3. The Labute approximate surface area is 143 Å². The van der Waals surface area contributed by atoms with Crippen LogP contribution >= 0.6 is 0 Å². The molecule has 1 unspecified atom stereocenters. The van der Waals surface area contributed by atoms with E-state index in [1.165, 1.54) is 0 Å². The number of para-hydroxylation sites is 2. The van der Waals surface area contributed by atoms with Crippen molar-refractivity contribution in [2.75, 3.05) is 0 Å². The Balaban J connectivity index is 2.08. The van der Waals surface area contributed by atoms with Crippen molar-refractivity contribution < 1.29 is 14.3 Å². The van der Waals surface area contributed by atoms with Crippen LogP contribution in [0.3, 0.4) is 0 Å². The van der Waals surface area contributed by atoms with Crippen molar-refractivity contribution in [3.05, 3.63) is 30.2 Å². The van der Waals surface area contributed by atoms with Crippen molar-refractivity contribution in [1.29, 1.82) is 0 Å². The number of fused-ring (bicyclic) bond motifs is 1. The smallest absolute Gasteiger partial charge is 0.236 e. The Hall–Kier alpha value is -1.70. The van der Waals surface area contributed by atoms with E-state index in [1.54, 1.807) is 6.07 Å². The van der Waals surface area contributed by atoms with E-state index < -0.39 is 26.3 Å². The van der Waals surface area contributed by atoms with Gasteiger partial charge in [-0.05, 0) is 24.6 Å². The van der Waals surface area contributed by atoms with Crippen LogP contribution in [0.4, 0.5) is 0 Å². The number of aromatic nitrogens is 1. The van der Waals surface area contributed by atoms with Gasteiger partial charge in [-0.25, -0.2) is 4.98 Å². The molecule has 1 amide bonds. The molecule has 1 aromatic carbocycles. The molecule has 0 saturated heterocycles. The van der Waals surface area contributed by atoms with Crippen LogP contribution in [0.2, 0.25) is 25.7 Å². The molecule has 0 fully saturated rings. The molecule has 132 valence electrons. The van der Waals surface area contributed by atoms with E-state index in [0.29, 0.717) is 23.6 Å². The number of hydrogen-bond acceptors (Lipinski definition) is 5. The fourth-order valence-corrected chi connectivity index (χ4v) is 4.14. The molecule has 2 aromatic rings. The van der Waals surface area contributed by atoms with Crippen molar-refractivity contribution in [2.24, 2.45) is 5.73 Å². The third-order valence-corrected chi connectivity index (χ3v) is 5.55. The fourth-order valence-electron chi connectivity index (χ4n) is 2.64. The average Bonchev–Trinajstić information content (AvgIpc) is 2.94. The molecule has 4 N–H and O–H groups in total. The topological polar surface area (TPSA) is 101 Å². The normalized spacial score (nSPS) is 15.9. The Morgan fingerprint density at radius 3 is 2.62 bits per heavy atom. The highest BCUT2D eigenvalue weighted by Gasteiger charge is 2.29. The number of amides is 1. The van der Waals surface area contributed by atoms with Gasteiger partial charge in [0.05, 0.1) is 12.1 Å². The molecule has 0 saturated carbocycles. The van der Waals surface area contributed by atoms with Crippen molar-refractivity contribution >= 4 is 25.1 Å². The van der Waals surface area contributed by atoms with Gasteiger partial charge < -0.3 is 20.6 Å². The van der Waals surface area contributed by atoms with Crippen LogP contribution in [0, 0.1) is 0 Å². The van der Waals surface area contributed by atoms with E-state index in [-0.39, 0.29) is 11.8 Å². The zero-order chi connectivity index (χ0) is 17.9. The third-order valence-electron chi connectivity index (χ3n) is 3.88. The van der Waals surface area contributed by atoms with E-state index in [2.05, 4.69) is 29.9 Å². The molecule has 2 rings (SSSR count). The van der Waals surface area contributed by atoms with Gasteiger partial charge in [0.2, 0.25) is 11.8 Å². The van der Waals surface area contributed by atoms with Gasteiger partial charge in [0.1, 0.15) is 5.52 Å². The summed E-state index contributed by atoms with van der Waals surface area (Å²) < 4.78 is 5.60. The van der Waals surface area contributed by atoms with Crippen molar-refractivity contribution in [3.8, 4) is 0 Å². The Bertz CT molecular complexity index is 663. The molecule has 0 radical (unpaired) electrons. The van der Waals surface area contributed by atoms with Gasteiger partial charge in [0, 0.05) is 8.07 Å². The number of aliphatic hydroxyl groups is 1. The SMILES string of the molecule is CC[C@H](NC(=O)[C@@H](N)C[Si](C)(C)C)C(O)c1nc2ccccc2o1. The zero-order valence-corrected chi connectivity index (χ0v) is 15.7. The lowest BCUT2D eigenvalue weighted by atomic mass is 10.1. The summed E-state index contributed by atoms with van der Waals surface area (Å²) in [5.74, 6) is -0.0263. The summed E-state index contributed by atoms with van der Waals surface area (Å²) in [7, 11) is -1.44. The maximum absolute atomic E-state index is 12.3. The van der Waals surface area contributed by atoms with Gasteiger partial charge in [0.25, 0.3) is 0 Å². The molecule has 24 heavy (non-hydrogen) atoms. The summed E-state index contributed by atoms with van der Waals surface area (Å²) >= 11 is 0. The van der Waals surface area contributed by atoms with E-state index in [9.17, 15) is 9.90 Å². The molecule has 6 nitrogen and oxygen atoms in total. The maximum Gasteiger partial charge on any atom is 0.236 e. The molecule has 0 aliphatic rings. The lowest BCUT2D eigenvalue weighted by molar-refractivity contribution is -0.123. The number of carbonyl (C=O) groups is 1. The summed E-state index contributed by atoms with van der Waals surface area (Å²) in [6.07, 6.45) is -0.462. The Morgan fingerprint density at radius 1 is 1.38 bits per heavy atom. The summed E-state index contributed by atoms with van der Waals surface area (Å²) in [6, 6.07) is 6.97. The van der Waals surface area contributed by atoms with Gasteiger partial charge in [-0.3, -0.25) is 4.79 Å². The molecule has 1 aromatic heterocycles. The van der Waals surface area contributed by atoms with E-state index in [0.717, 1.165) is 0 Å². The summed E-state index contributed by atoms with van der Waals surface area (Å²) in [6.45, 7) is 8.40. The second kappa shape index (κ2) is 7.46. The van der Waals surface area contributed by atoms with Crippen LogP contribution < -0.4 is 11.1 Å². The number of hydrogen-bond donors (Lipinski definition) is 3. The highest BCUT2D eigenvalue weighted by molar-refractivity contribution is 6.76. The first-order valence-corrected chi connectivity index (χ1v) is 12.0. The summed E-state index contributed by atoms with van der Waals surface area (Å²) in [5, 5.41) is 13.4. The number of nitrogens with two attached hydrogens (primary N) is 1. The number of aliphatic hydroxyl groups excluding tert-OH is 1. The van der Waals surface area contributed by atoms with Gasteiger partial charge in [-0.15, -0.1) is 0 Å². The largest absolute Gasteiger partial charge is 0.438 e. The Kier molecular flexibility index (Phi) is 5.79. The van der Waals surface area contributed by atoms with E-state index >= 15 is 0 Å². The predicted octanol–water partition coefficient (Wildman–Crippen LogP) is 2.42. The molecule has 7 heteroatoms.